The molecule has 0 spiro atoms. The number of ether oxygens (including phenoxy) is 2. The second kappa shape index (κ2) is 10.8. The van der Waals surface area contributed by atoms with Crippen LogP contribution in [0.25, 0.3) is 0 Å². The summed E-state index contributed by atoms with van der Waals surface area (Å²) in [6.45, 7) is 7.71. The Hall–Kier alpha value is -2.58. The average molecular weight is 478 g/mol. The Labute approximate surface area is 202 Å². The molecule has 1 aliphatic carbocycles. The van der Waals surface area contributed by atoms with Gasteiger partial charge in [0.25, 0.3) is 0 Å². The van der Waals surface area contributed by atoms with Crippen molar-refractivity contribution >= 4 is 23.9 Å². The number of carbonyl (C=O) groups excluding carboxylic acids is 4. The summed E-state index contributed by atoms with van der Waals surface area (Å²) in [5.74, 6) is -1.16. The van der Waals surface area contributed by atoms with Crippen molar-refractivity contribution in [2.75, 3.05) is 13.2 Å². The predicted molar refractivity (Wildman–Crippen MR) is 126 cm³/mol. The van der Waals surface area contributed by atoms with Crippen LogP contribution in [0.3, 0.4) is 0 Å². The first-order valence-electron chi connectivity index (χ1n) is 12.5. The molecule has 3 aliphatic rings. The van der Waals surface area contributed by atoms with Crippen LogP contribution >= 0.6 is 0 Å². The van der Waals surface area contributed by atoms with E-state index in [0.717, 1.165) is 25.7 Å². The fraction of sp³-hybridized carbons (Fsp3) is 0.760. The molecule has 0 aromatic heterocycles. The molecule has 0 bridgehead atoms. The molecule has 0 aromatic carbocycles. The van der Waals surface area contributed by atoms with Crippen LogP contribution in [0, 0.1) is 5.92 Å². The lowest BCUT2D eigenvalue weighted by molar-refractivity contribution is -0.150. The van der Waals surface area contributed by atoms with Crippen LogP contribution in [0.2, 0.25) is 0 Å². The molecule has 2 N–H and O–H groups in total. The molecular weight excluding hydrogens is 438 g/mol. The molecule has 0 aromatic rings. The summed E-state index contributed by atoms with van der Waals surface area (Å²) in [4.78, 5) is 53.5. The SMILES string of the molecule is CCOC(=O)[C@@]12C[C@H]1/C=C\CCCCCC(NC(=O)OC(C)(C)C)C(=O)N1CCC[C@H]1C(=O)N2. The third kappa shape index (κ3) is 6.30. The first-order valence-corrected chi connectivity index (χ1v) is 12.5. The highest BCUT2D eigenvalue weighted by Gasteiger charge is 2.62. The molecule has 190 valence electrons. The monoisotopic (exact) mass is 477 g/mol. The smallest absolute Gasteiger partial charge is 0.408 e. The van der Waals surface area contributed by atoms with Gasteiger partial charge in [0.05, 0.1) is 6.61 Å². The van der Waals surface area contributed by atoms with E-state index < -0.39 is 35.3 Å². The molecule has 9 heteroatoms. The van der Waals surface area contributed by atoms with E-state index >= 15 is 0 Å². The number of fused-ring (bicyclic) bond motifs is 2. The molecular formula is C25H39N3O6. The van der Waals surface area contributed by atoms with E-state index in [9.17, 15) is 19.2 Å². The molecule has 0 radical (unpaired) electrons. The maximum atomic E-state index is 13.5. The van der Waals surface area contributed by atoms with Crippen LogP contribution < -0.4 is 10.6 Å². The number of nitrogens with one attached hydrogen (secondary N) is 2. The van der Waals surface area contributed by atoms with Gasteiger partial charge in [-0.25, -0.2) is 9.59 Å². The average Bonchev–Trinajstić information content (AvgIpc) is 3.21. The van der Waals surface area contributed by atoms with Gasteiger partial charge in [-0.2, -0.15) is 0 Å². The summed E-state index contributed by atoms with van der Waals surface area (Å²) in [6, 6.07) is -1.45. The Morgan fingerprint density at radius 1 is 1.18 bits per heavy atom. The van der Waals surface area contributed by atoms with Gasteiger partial charge < -0.3 is 25.0 Å². The van der Waals surface area contributed by atoms with Gasteiger partial charge in [-0.3, -0.25) is 9.59 Å². The van der Waals surface area contributed by atoms with E-state index in [1.165, 1.54) is 0 Å². The maximum absolute atomic E-state index is 13.5. The van der Waals surface area contributed by atoms with Crippen molar-refractivity contribution in [3.63, 3.8) is 0 Å². The van der Waals surface area contributed by atoms with Gasteiger partial charge >= 0.3 is 12.1 Å². The molecule has 1 unspecified atom stereocenters. The van der Waals surface area contributed by atoms with Crippen molar-refractivity contribution in [1.29, 1.82) is 0 Å². The number of hydrogen-bond donors (Lipinski definition) is 2. The highest BCUT2D eigenvalue weighted by molar-refractivity contribution is 5.96. The van der Waals surface area contributed by atoms with E-state index in [1.807, 2.05) is 6.08 Å². The minimum Gasteiger partial charge on any atom is -0.464 e. The molecule has 2 aliphatic heterocycles. The van der Waals surface area contributed by atoms with Gasteiger partial charge in [-0.1, -0.05) is 25.0 Å². The van der Waals surface area contributed by atoms with Gasteiger partial charge in [-0.05, 0) is 66.2 Å². The zero-order valence-electron chi connectivity index (χ0n) is 20.9. The van der Waals surface area contributed by atoms with E-state index in [1.54, 1.807) is 32.6 Å². The minimum atomic E-state index is -1.06. The highest BCUT2D eigenvalue weighted by Crippen LogP contribution is 2.46. The van der Waals surface area contributed by atoms with E-state index in [-0.39, 0.29) is 24.3 Å². The summed E-state index contributed by atoms with van der Waals surface area (Å²) >= 11 is 0. The quantitative estimate of drug-likeness (QED) is 0.477. The van der Waals surface area contributed by atoms with E-state index in [0.29, 0.717) is 32.2 Å². The number of allylic oxidation sites excluding steroid dienone is 1. The van der Waals surface area contributed by atoms with Crippen molar-refractivity contribution in [2.24, 2.45) is 5.92 Å². The number of nitrogens with zero attached hydrogens (tertiary/aromatic N) is 1. The maximum Gasteiger partial charge on any atom is 0.408 e. The Bertz CT molecular complexity index is 820. The lowest BCUT2D eigenvalue weighted by atomic mass is 10.0. The number of alkyl carbamates (subject to hydrolysis) is 1. The summed E-state index contributed by atoms with van der Waals surface area (Å²) in [5, 5.41) is 5.66. The molecule has 4 atom stereocenters. The number of rotatable bonds is 3. The van der Waals surface area contributed by atoms with Gasteiger partial charge in [0.15, 0.2) is 0 Å². The Balaban J connectivity index is 1.81. The van der Waals surface area contributed by atoms with Crippen LogP contribution in [0.5, 0.6) is 0 Å². The summed E-state index contributed by atoms with van der Waals surface area (Å²) in [5.41, 5.74) is -1.74. The number of carbonyl (C=O) groups is 4. The predicted octanol–water partition coefficient (Wildman–Crippen LogP) is 2.83. The molecule has 1 saturated carbocycles. The summed E-state index contributed by atoms with van der Waals surface area (Å²) < 4.78 is 10.6. The summed E-state index contributed by atoms with van der Waals surface area (Å²) in [7, 11) is 0. The van der Waals surface area contributed by atoms with Crippen LogP contribution in [0.1, 0.15) is 79.1 Å². The molecule has 2 heterocycles. The Morgan fingerprint density at radius 2 is 1.94 bits per heavy atom. The van der Waals surface area contributed by atoms with E-state index in [4.69, 9.17) is 9.47 Å². The molecule has 2 fully saturated rings. The molecule has 1 saturated heterocycles. The van der Waals surface area contributed by atoms with Crippen LogP contribution in [-0.2, 0) is 23.9 Å². The largest absolute Gasteiger partial charge is 0.464 e. The standard InChI is InChI=1S/C25H39N3O6/c1-5-33-22(31)25-16-17(25)12-9-7-6-8-10-13-18(26-23(32)34-24(2,3)4)21(30)28-15-11-14-19(28)20(29)27-25/h9,12,17-19H,5-8,10-11,13-16H2,1-4H3,(H,26,32)(H,27,29)/b12-9-/t17-,18?,19+,25-/m1/s1. The third-order valence-electron chi connectivity index (χ3n) is 6.56. The zero-order chi connectivity index (χ0) is 24.9. The number of hydrogen-bond acceptors (Lipinski definition) is 6. The van der Waals surface area contributed by atoms with Gasteiger partial charge in [0, 0.05) is 12.5 Å². The fourth-order valence-corrected chi connectivity index (χ4v) is 4.77. The van der Waals surface area contributed by atoms with Crippen LogP contribution in [0.4, 0.5) is 4.79 Å². The zero-order valence-corrected chi connectivity index (χ0v) is 20.9. The van der Waals surface area contributed by atoms with Crippen molar-refractivity contribution in [3.05, 3.63) is 12.2 Å². The molecule has 9 nitrogen and oxygen atoms in total. The minimum absolute atomic E-state index is 0.104. The van der Waals surface area contributed by atoms with Gasteiger partial charge in [-0.15, -0.1) is 0 Å². The van der Waals surface area contributed by atoms with Crippen molar-refractivity contribution in [2.45, 2.75) is 102 Å². The van der Waals surface area contributed by atoms with Crippen molar-refractivity contribution < 1.29 is 28.7 Å². The van der Waals surface area contributed by atoms with Gasteiger partial charge in [0.2, 0.25) is 11.8 Å². The number of esters is 1. The van der Waals surface area contributed by atoms with E-state index in [2.05, 4.69) is 16.7 Å². The Morgan fingerprint density at radius 3 is 2.65 bits per heavy atom. The lowest BCUT2D eigenvalue weighted by Gasteiger charge is -2.30. The normalized spacial score (nSPS) is 31.2. The summed E-state index contributed by atoms with van der Waals surface area (Å²) in [6.07, 6.45) is 9.02. The van der Waals surface area contributed by atoms with Crippen LogP contribution in [-0.4, -0.2) is 65.2 Å². The molecule has 3 amide bonds. The second-order valence-corrected chi connectivity index (χ2v) is 10.4. The Kier molecular flexibility index (Phi) is 8.25. The van der Waals surface area contributed by atoms with Crippen LogP contribution in [0.15, 0.2) is 12.2 Å². The first-order chi connectivity index (χ1) is 16.1. The highest BCUT2D eigenvalue weighted by atomic mass is 16.6. The van der Waals surface area contributed by atoms with Gasteiger partial charge in [0.1, 0.15) is 23.2 Å². The van der Waals surface area contributed by atoms with Crippen molar-refractivity contribution in [1.82, 2.24) is 15.5 Å². The first kappa shape index (κ1) is 26.0. The molecule has 3 rings (SSSR count). The number of amides is 3. The lowest BCUT2D eigenvalue weighted by Crippen LogP contribution is -2.56. The molecule has 34 heavy (non-hydrogen) atoms. The van der Waals surface area contributed by atoms with Crippen molar-refractivity contribution in [3.8, 4) is 0 Å². The third-order valence-corrected chi connectivity index (χ3v) is 6.56. The fourth-order valence-electron chi connectivity index (χ4n) is 4.77. The topological polar surface area (TPSA) is 114 Å². The second-order valence-electron chi connectivity index (χ2n) is 10.4.